The Labute approximate surface area is 150 Å². The first-order chi connectivity index (χ1) is 12.4. The molecule has 26 heavy (non-hydrogen) atoms. The molecule has 0 saturated heterocycles. The largest absolute Gasteiger partial charge is 0.491 e. The summed E-state index contributed by atoms with van der Waals surface area (Å²) in [6.07, 6.45) is -2.87. The third-order valence-corrected chi connectivity index (χ3v) is 3.79. The molecule has 0 unspecified atom stereocenters. The van der Waals surface area contributed by atoms with Crippen molar-refractivity contribution in [2.24, 2.45) is 5.73 Å². The second kappa shape index (κ2) is 9.02. The summed E-state index contributed by atoms with van der Waals surface area (Å²) in [7, 11) is 3.39. The Morgan fingerprint density at radius 1 is 1.23 bits per heavy atom. The molecule has 0 atom stereocenters. The predicted octanol–water partition coefficient (Wildman–Crippen LogP) is 2.51. The lowest BCUT2D eigenvalue weighted by Gasteiger charge is -2.17. The molecule has 144 valence electrons. The summed E-state index contributed by atoms with van der Waals surface area (Å²) in [5, 5.41) is 6.90. The number of hydrogen-bond donors (Lipinski definition) is 2. The molecule has 9 heteroatoms. The van der Waals surface area contributed by atoms with Gasteiger partial charge < -0.3 is 15.2 Å². The summed E-state index contributed by atoms with van der Waals surface area (Å²) >= 11 is 0. The molecule has 3 N–H and O–H groups in total. The first-order valence-corrected chi connectivity index (χ1v) is 8.11. The number of aromatic nitrogens is 2. The minimum atomic E-state index is -4.44. The Bertz CT molecular complexity index is 704. The number of alkyl halides is 3. The number of halogens is 3. The van der Waals surface area contributed by atoms with Crippen molar-refractivity contribution < 1.29 is 22.6 Å². The van der Waals surface area contributed by atoms with Crippen molar-refractivity contribution in [2.45, 2.75) is 12.7 Å². The topological polar surface area (TPSA) is 76.4 Å². The Morgan fingerprint density at radius 3 is 2.65 bits per heavy atom. The molecule has 2 rings (SSSR count). The number of nitrogens with two attached hydrogens (primary N) is 1. The number of ether oxygens (including phenoxy) is 2. The van der Waals surface area contributed by atoms with Crippen LogP contribution in [0.1, 0.15) is 11.3 Å². The van der Waals surface area contributed by atoms with Crippen LogP contribution >= 0.6 is 0 Å². The van der Waals surface area contributed by atoms with Gasteiger partial charge in [0.15, 0.2) is 0 Å². The fourth-order valence-electron chi connectivity index (χ4n) is 2.50. The zero-order valence-corrected chi connectivity index (χ0v) is 14.8. The van der Waals surface area contributed by atoms with Crippen LogP contribution in [0.4, 0.5) is 13.2 Å². The van der Waals surface area contributed by atoms with Gasteiger partial charge in [-0.2, -0.15) is 18.3 Å². The van der Waals surface area contributed by atoms with E-state index in [9.17, 15) is 13.2 Å². The molecular formula is C17H23F3N4O2. The van der Waals surface area contributed by atoms with Crippen LogP contribution < -0.4 is 10.5 Å². The molecule has 2 aromatic rings. The van der Waals surface area contributed by atoms with Crippen molar-refractivity contribution in [3.63, 3.8) is 0 Å². The second-order valence-electron chi connectivity index (χ2n) is 5.82. The van der Waals surface area contributed by atoms with Gasteiger partial charge in [-0.1, -0.05) is 0 Å². The van der Waals surface area contributed by atoms with Gasteiger partial charge in [0.1, 0.15) is 12.4 Å². The molecule has 6 nitrogen and oxygen atoms in total. The number of nitrogens with one attached hydrogen (secondary N) is 1. The van der Waals surface area contributed by atoms with Gasteiger partial charge in [0.05, 0.1) is 17.9 Å². The number of methoxy groups -OCH3 is 1. The molecule has 1 heterocycles. The number of hydrogen-bond acceptors (Lipinski definition) is 5. The van der Waals surface area contributed by atoms with Crippen molar-refractivity contribution in [1.29, 1.82) is 0 Å². The van der Waals surface area contributed by atoms with E-state index in [0.717, 1.165) is 12.1 Å². The van der Waals surface area contributed by atoms with Crippen LogP contribution in [-0.2, 0) is 17.5 Å². The quantitative estimate of drug-likeness (QED) is 0.662. The average molecular weight is 372 g/mol. The number of H-pyrrole nitrogens is 1. The van der Waals surface area contributed by atoms with E-state index in [1.54, 1.807) is 6.20 Å². The lowest BCUT2D eigenvalue weighted by molar-refractivity contribution is -0.137. The number of benzene rings is 1. The van der Waals surface area contributed by atoms with Gasteiger partial charge in [0.2, 0.25) is 0 Å². The zero-order chi connectivity index (χ0) is 19.2. The van der Waals surface area contributed by atoms with E-state index < -0.39 is 11.7 Å². The van der Waals surface area contributed by atoms with Gasteiger partial charge in [0.25, 0.3) is 0 Å². The van der Waals surface area contributed by atoms with E-state index in [4.69, 9.17) is 15.2 Å². The molecule has 1 aromatic carbocycles. The van der Waals surface area contributed by atoms with Gasteiger partial charge in [-0.05, 0) is 25.2 Å². The third kappa shape index (κ3) is 5.20. The van der Waals surface area contributed by atoms with Gasteiger partial charge in [-0.3, -0.25) is 10.00 Å². The summed E-state index contributed by atoms with van der Waals surface area (Å²) in [6.45, 7) is 2.13. The van der Waals surface area contributed by atoms with Gasteiger partial charge >= 0.3 is 6.18 Å². The fraction of sp³-hybridized carbons (Fsp3) is 0.471. The first-order valence-electron chi connectivity index (χ1n) is 8.11. The van der Waals surface area contributed by atoms with E-state index >= 15 is 0 Å². The fourth-order valence-corrected chi connectivity index (χ4v) is 2.50. The molecule has 0 saturated carbocycles. The van der Waals surface area contributed by atoms with Crippen molar-refractivity contribution in [1.82, 2.24) is 15.1 Å². The van der Waals surface area contributed by atoms with E-state index in [1.807, 2.05) is 11.9 Å². The summed E-state index contributed by atoms with van der Waals surface area (Å²) < 4.78 is 50.0. The number of likely N-dealkylation sites (N-methyl/N-ethyl adjacent to an activating group) is 1. The average Bonchev–Trinajstić information content (AvgIpc) is 3.02. The van der Waals surface area contributed by atoms with Crippen LogP contribution in [0.25, 0.3) is 11.1 Å². The van der Waals surface area contributed by atoms with Crippen molar-refractivity contribution >= 4 is 0 Å². The Morgan fingerprint density at radius 2 is 2.00 bits per heavy atom. The van der Waals surface area contributed by atoms with E-state index in [2.05, 4.69) is 10.2 Å². The second-order valence-corrected chi connectivity index (χ2v) is 5.82. The highest BCUT2D eigenvalue weighted by atomic mass is 19.4. The van der Waals surface area contributed by atoms with Gasteiger partial charge in [0, 0.05) is 44.1 Å². The first kappa shape index (κ1) is 20.2. The molecule has 0 bridgehead atoms. The smallest absolute Gasteiger partial charge is 0.416 e. The van der Waals surface area contributed by atoms with Crippen LogP contribution in [-0.4, -0.2) is 55.6 Å². The van der Waals surface area contributed by atoms with Crippen LogP contribution in [0.5, 0.6) is 5.75 Å². The maximum atomic E-state index is 13.2. The van der Waals surface area contributed by atoms with Gasteiger partial charge in [-0.15, -0.1) is 0 Å². The molecule has 0 amide bonds. The van der Waals surface area contributed by atoms with Crippen LogP contribution in [0, 0.1) is 0 Å². The maximum Gasteiger partial charge on any atom is 0.416 e. The standard InChI is InChI=1S/C17H23F3N4O2/c1-24(6-5-21)11-15-14(10-22-23-15)13-9-12(17(18,19)20)3-4-16(13)26-8-7-25-2/h3-4,9-10H,5-8,11,21H2,1-2H3,(H,22,23). The molecule has 0 aliphatic rings. The molecule has 0 aliphatic heterocycles. The van der Waals surface area contributed by atoms with E-state index in [1.165, 1.54) is 13.2 Å². The van der Waals surface area contributed by atoms with Crippen LogP contribution in [0.15, 0.2) is 24.4 Å². The molecule has 1 aromatic heterocycles. The van der Waals surface area contributed by atoms with Crippen molar-refractivity contribution in [3.05, 3.63) is 35.7 Å². The minimum absolute atomic E-state index is 0.231. The Balaban J connectivity index is 2.40. The van der Waals surface area contributed by atoms with Crippen LogP contribution in [0.3, 0.4) is 0 Å². The lowest BCUT2D eigenvalue weighted by Crippen LogP contribution is -2.25. The predicted molar refractivity (Wildman–Crippen MR) is 91.8 cm³/mol. The highest BCUT2D eigenvalue weighted by molar-refractivity contribution is 5.72. The third-order valence-electron chi connectivity index (χ3n) is 3.79. The van der Waals surface area contributed by atoms with Crippen molar-refractivity contribution in [2.75, 3.05) is 40.5 Å². The van der Waals surface area contributed by atoms with Crippen LogP contribution in [0.2, 0.25) is 0 Å². The summed E-state index contributed by atoms with van der Waals surface area (Å²) in [5.74, 6) is 0.346. The molecule has 0 aliphatic carbocycles. The number of rotatable bonds is 9. The maximum absolute atomic E-state index is 13.2. The van der Waals surface area contributed by atoms with Crippen molar-refractivity contribution in [3.8, 4) is 16.9 Å². The highest BCUT2D eigenvalue weighted by Crippen LogP contribution is 2.38. The Kier molecular flexibility index (Phi) is 7.01. The lowest BCUT2D eigenvalue weighted by atomic mass is 10.0. The number of nitrogens with zero attached hydrogens (tertiary/aromatic N) is 2. The normalized spacial score (nSPS) is 12.0. The molecule has 0 spiro atoms. The highest BCUT2D eigenvalue weighted by Gasteiger charge is 2.31. The molecular weight excluding hydrogens is 349 g/mol. The minimum Gasteiger partial charge on any atom is -0.491 e. The van der Waals surface area contributed by atoms with Gasteiger partial charge in [-0.25, -0.2) is 0 Å². The zero-order valence-electron chi connectivity index (χ0n) is 14.8. The SMILES string of the molecule is COCCOc1ccc(C(F)(F)F)cc1-c1c[nH]nc1CN(C)CCN. The van der Waals surface area contributed by atoms with E-state index in [-0.39, 0.29) is 6.61 Å². The molecule has 0 fully saturated rings. The summed E-state index contributed by atoms with van der Waals surface area (Å²) in [4.78, 5) is 1.94. The summed E-state index contributed by atoms with van der Waals surface area (Å²) in [6, 6.07) is 3.42. The monoisotopic (exact) mass is 372 g/mol. The Hall–Kier alpha value is -2.10. The summed E-state index contributed by atoms with van der Waals surface area (Å²) in [5.41, 5.74) is 6.32. The van der Waals surface area contributed by atoms with E-state index in [0.29, 0.717) is 48.8 Å². The number of aromatic amines is 1. The molecule has 0 radical (unpaired) electrons.